The van der Waals surface area contributed by atoms with Gasteiger partial charge in [0.05, 0.1) is 6.61 Å². The van der Waals surface area contributed by atoms with Crippen molar-refractivity contribution in [3.63, 3.8) is 0 Å². The van der Waals surface area contributed by atoms with Crippen LogP contribution in [-0.4, -0.2) is 30.2 Å². The minimum atomic E-state index is -1.06. The number of rotatable bonds is 2. The van der Waals surface area contributed by atoms with Crippen LogP contribution in [0.2, 0.25) is 0 Å². The van der Waals surface area contributed by atoms with E-state index in [4.69, 9.17) is 18.9 Å². The fourth-order valence-electron chi connectivity index (χ4n) is 2.86. The van der Waals surface area contributed by atoms with Crippen LogP contribution in [0.3, 0.4) is 0 Å². The summed E-state index contributed by atoms with van der Waals surface area (Å²) in [5.41, 5.74) is 1.76. The van der Waals surface area contributed by atoms with Crippen LogP contribution in [0.15, 0.2) is 60.7 Å². The molecule has 2 saturated heterocycles. The molecule has 2 aromatic carbocycles. The summed E-state index contributed by atoms with van der Waals surface area (Å²) in [7, 11) is 0. The average Bonchev–Trinajstić information content (AvgIpc) is 2.63. The third-order valence-electron chi connectivity index (χ3n) is 4.04. The van der Waals surface area contributed by atoms with Crippen LogP contribution in [0.25, 0.3) is 0 Å². The molecule has 0 radical (unpaired) electrons. The van der Waals surface area contributed by atoms with Gasteiger partial charge >= 0.3 is 0 Å². The Morgan fingerprint density at radius 2 is 1.33 bits per heavy atom. The number of fused-ring (bicyclic) bond motifs is 1. The number of ether oxygens (including phenoxy) is 4. The molecule has 2 aliphatic rings. The summed E-state index contributed by atoms with van der Waals surface area (Å²) in [5.74, 6) is 0. The molecular weight excluding hydrogens is 308 g/mol. The molecule has 4 rings (SSSR count). The summed E-state index contributed by atoms with van der Waals surface area (Å²) in [6, 6.07) is 19.1. The molecule has 2 aliphatic heterocycles. The van der Waals surface area contributed by atoms with Crippen LogP contribution in [0.4, 0.5) is 0 Å². The summed E-state index contributed by atoms with van der Waals surface area (Å²) in [6.45, 7) is 0.341. The number of aliphatic hydroxyl groups excluding tert-OH is 1. The largest absolute Gasteiger partial charge is 0.366 e. The van der Waals surface area contributed by atoms with Gasteiger partial charge in [-0.05, 0) is 0 Å². The SMILES string of the molecule is C.OC1OC(c2ccccc2)OC2COC(c3ccccc3)OC12. The monoisotopic (exact) mass is 330 g/mol. The topological polar surface area (TPSA) is 57.2 Å². The van der Waals surface area contributed by atoms with Crippen LogP contribution in [0, 0.1) is 0 Å². The molecular formula is C19H22O5. The van der Waals surface area contributed by atoms with Gasteiger partial charge in [-0.1, -0.05) is 68.1 Å². The van der Waals surface area contributed by atoms with Crippen LogP contribution in [-0.2, 0) is 18.9 Å². The van der Waals surface area contributed by atoms with Crippen molar-refractivity contribution in [1.29, 1.82) is 0 Å². The molecule has 5 nitrogen and oxygen atoms in total. The lowest BCUT2D eigenvalue weighted by molar-refractivity contribution is -0.396. The predicted molar refractivity (Wildman–Crippen MR) is 87.9 cm³/mol. The standard InChI is InChI=1S/C18H18O5.CH4/c19-16-15-14(21-18(23-16)13-9-5-2-6-10-13)11-20-17(22-15)12-7-3-1-4-8-12;/h1-10,14-19H,11H2;1H4. The van der Waals surface area contributed by atoms with Crippen molar-refractivity contribution in [2.75, 3.05) is 6.61 Å². The number of aliphatic hydroxyl groups is 1. The predicted octanol–water partition coefficient (Wildman–Crippen LogP) is 3.17. The fourth-order valence-corrected chi connectivity index (χ4v) is 2.86. The minimum absolute atomic E-state index is 0. The van der Waals surface area contributed by atoms with Crippen molar-refractivity contribution in [3.05, 3.63) is 71.8 Å². The van der Waals surface area contributed by atoms with Crippen molar-refractivity contribution >= 4 is 0 Å². The molecule has 1 N–H and O–H groups in total. The zero-order valence-electron chi connectivity index (χ0n) is 12.4. The van der Waals surface area contributed by atoms with E-state index in [1.807, 2.05) is 60.7 Å². The van der Waals surface area contributed by atoms with Gasteiger partial charge in [-0.15, -0.1) is 0 Å². The first-order chi connectivity index (χ1) is 11.3. The van der Waals surface area contributed by atoms with Crippen molar-refractivity contribution in [3.8, 4) is 0 Å². The molecule has 0 spiro atoms. The highest BCUT2D eigenvalue weighted by atomic mass is 16.8. The van der Waals surface area contributed by atoms with Gasteiger partial charge in [-0.25, -0.2) is 0 Å². The molecule has 0 bridgehead atoms. The van der Waals surface area contributed by atoms with Crippen LogP contribution in [0.1, 0.15) is 31.1 Å². The van der Waals surface area contributed by atoms with Gasteiger partial charge in [-0.3, -0.25) is 0 Å². The molecule has 0 aromatic heterocycles. The van der Waals surface area contributed by atoms with E-state index < -0.39 is 25.0 Å². The van der Waals surface area contributed by atoms with Gasteiger partial charge in [0.15, 0.2) is 18.9 Å². The summed E-state index contributed by atoms with van der Waals surface area (Å²) >= 11 is 0. The molecule has 5 atom stereocenters. The van der Waals surface area contributed by atoms with E-state index in [9.17, 15) is 5.11 Å². The molecule has 2 heterocycles. The average molecular weight is 330 g/mol. The summed E-state index contributed by atoms with van der Waals surface area (Å²) in [5, 5.41) is 10.3. The van der Waals surface area contributed by atoms with Gasteiger partial charge in [-0.2, -0.15) is 0 Å². The van der Waals surface area contributed by atoms with Crippen LogP contribution >= 0.6 is 0 Å². The molecule has 128 valence electrons. The van der Waals surface area contributed by atoms with E-state index in [2.05, 4.69) is 0 Å². The number of hydrogen-bond donors (Lipinski definition) is 1. The Morgan fingerprint density at radius 3 is 1.96 bits per heavy atom. The van der Waals surface area contributed by atoms with E-state index in [1.165, 1.54) is 0 Å². The molecule has 24 heavy (non-hydrogen) atoms. The highest BCUT2D eigenvalue weighted by Gasteiger charge is 2.44. The van der Waals surface area contributed by atoms with E-state index in [-0.39, 0.29) is 13.5 Å². The maximum Gasteiger partial charge on any atom is 0.187 e. The van der Waals surface area contributed by atoms with Gasteiger partial charge in [0.1, 0.15) is 12.2 Å². The maximum atomic E-state index is 10.3. The number of hydrogen-bond acceptors (Lipinski definition) is 5. The summed E-state index contributed by atoms with van der Waals surface area (Å²) in [6.07, 6.45) is -3.15. The summed E-state index contributed by atoms with van der Waals surface area (Å²) in [4.78, 5) is 0. The molecule has 0 saturated carbocycles. The van der Waals surface area contributed by atoms with Crippen LogP contribution < -0.4 is 0 Å². The maximum absolute atomic E-state index is 10.3. The number of benzene rings is 2. The fraction of sp³-hybridized carbons (Fsp3) is 0.368. The van der Waals surface area contributed by atoms with Gasteiger partial charge in [0, 0.05) is 11.1 Å². The molecule has 5 unspecified atom stereocenters. The third kappa shape index (κ3) is 3.36. The Balaban J connectivity index is 0.00000169. The second-order valence-electron chi connectivity index (χ2n) is 5.62. The zero-order valence-corrected chi connectivity index (χ0v) is 12.4. The second-order valence-corrected chi connectivity index (χ2v) is 5.62. The van der Waals surface area contributed by atoms with E-state index in [0.717, 1.165) is 11.1 Å². The van der Waals surface area contributed by atoms with E-state index in [1.54, 1.807) is 0 Å². The molecule has 2 fully saturated rings. The van der Waals surface area contributed by atoms with Crippen molar-refractivity contribution in [1.82, 2.24) is 0 Å². The second kappa shape index (κ2) is 7.42. The Bertz CT molecular complexity index is 633. The van der Waals surface area contributed by atoms with Crippen molar-refractivity contribution < 1.29 is 24.1 Å². The third-order valence-corrected chi connectivity index (χ3v) is 4.04. The molecule has 0 amide bonds. The first-order valence-corrected chi connectivity index (χ1v) is 7.67. The Hall–Kier alpha value is -1.76. The zero-order chi connectivity index (χ0) is 15.6. The lowest BCUT2D eigenvalue weighted by Crippen LogP contribution is -2.54. The van der Waals surface area contributed by atoms with Crippen molar-refractivity contribution in [2.24, 2.45) is 0 Å². The first kappa shape index (κ1) is 17.1. The van der Waals surface area contributed by atoms with E-state index in [0.29, 0.717) is 6.61 Å². The highest BCUT2D eigenvalue weighted by molar-refractivity contribution is 5.18. The lowest BCUT2D eigenvalue weighted by atomic mass is 10.1. The normalized spacial score (nSPS) is 32.5. The van der Waals surface area contributed by atoms with Gasteiger partial charge < -0.3 is 24.1 Å². The highest BCUT2D eigenvalue weighted by Crippen LogP contribution is 2.36. The Labute approximate surface area is 141 Å². The van der Waals surface area contributed by atoms with Gasteiger partial charge in [0.2, 0.25) is 0 Å². The summed E-state index contributed by atoms with van der Waals surface area (Å²) < 4.78 is 23.1. The molecule has 5 heteroatoms. The Kier molecular flexibility index (Phi) is 5.28. The first-order valence-electron chi connectivity index (χ1n) is 7.67. The van der Waals surface area contributed by atoms with E-state index >= 15 is 0 Å². The van der Waals surface area contributed by atoms with Crippen molar-refractivity contribution in [2.45, 2.75) is 38.5 Å². The quantitative estimate of drug-likeness (QED) is 0.916. The minimum Gasteiger partial charge on any atom is -0.366 e. The van der Waals surface area contributed by atoms with Gasteiger partial charge in [0.25, 0.3) is 0 Å². The van der Waals surface area contributed by atoms with Crippen LogP contribution in [0.5, 0.6) is 0 Å². The lowest BCUT2D eigenvalue weighted by Gasteiger charge is -2.44. The molecule has 2 aromatic rings. The Morgan fingerprint density at radius 1 is 0.750 bits per heavy atom. The smallest absolute Gasteiger partial charge is 0.187 e. The molecule has 0 aliphatic carbocycles.